The van der Waals surface area contributed by atoms with Crippen molar-refractivity contribution in [3.63, 3.8) is 0 Å². The molecule has 0 aliphatic heterocycles. The van der Waals surface area contributed by atoms with Gasteiger partial charge in [0.1, 0.15) is 11.5 Å². The second kappa shape index (κ2) is 6.52. The van der Waals surface area contributed by atoms with Crippen molar-refractivity contribution in [2.24, 2.45) is 0 Å². The number of ether oxygens (including phenoxy) is 1. The molecule has 0 aliphatic rings. The summed E-state index contributed by atoms with van der Waals surface area (Å²) in [5.74, 6) is 1.04. The van der Waals surface area contributed by atoms with Crippen LogP contribution in [-0.4, -0.2) is 6.61 Å². The molecule has 1 N–H and O–H groups in total. The zero-order chi connectivity index (χ0) is 14.5. The van der Waals surface area contributed by atoms with E-state index in [-0.39, 0.29) is 11.8 Å². The molecule has 1 unspecified atom stereocenters. The van der Waals surface area contributed by atoms with Crippen LogP contribution in [0.25, 0.3) is 0 Å². The van der Waals surface area contributed by atoms with Gasteiger partial charge in [-0.05, 0) is 43.2 Å². The van der Waals surface area contributed by atoms with Crippen LogP contribution in [0, 0.1) is 6.92 Å². The lowest BCUT2D eigenvalue weighted by atomic mass is 10.1. The number of alkyl halides is 2. The van der Waals surface area contributed by atoms with Gasteiger partial charge in [0.2, 0.25) is 0 Å². The lowest BCUT2D eigenvalue weighted by molar-refractivity contribution is -0.0499. The summed E-state index contributed by atoms with van der Waals surface area (Å²) in [5, 5.41) is 3.29. The van der Waals surface area contributed by atoms with E-state index in [1.165, 1.54) is 6.07 Å². The molecule has 108 valence electrons. The summed E-state index contributed by atoms with van der Waals surface area (Å²) < 4.78 is 34.1. The first-order valence-electron chi connectivity index (χ1n) is 6.37. The average molecular weight is 281 g/mol. The van der Waals surface area contributed by atoms with E-state index in [2.05, 4.69) is 10.1 Å². The molecular formula is C15H17F2NO2. The van der Waals surface area contributed by atoms with E-state index >= 15 is 0 Å². The standard InChI is InChI=1S/C15H17F2NO2/c1-10-6-7-19-14(10)9-18-11(2)12-4-3-5-13(8-12)20-15(16)17/h3-8,11,15,18H,9H2,1-2H3. The number of hydrogen-bond acceptors (Lipinski definition) is 3. The molecule has 0 fully saturated rings. The van der Waals surface area contributed by atoms with Gasteiger partial charge in [0.05, 0.1) is 12.8 Å². The fourth-order valence-electron chi connectivity index (χ4n) is 1.91. The van der Waals surface area contributed by atoms with E-state index in [0.717, 1.165) is 16.9 Å². The molecular weight excluding hydrogens is 264 g/mol. The molecule has 0 saturated carbocycles. The SMILES string of the molecule is Cc1ccoc1CNC(C)c1cccc(OC(F)F)c1. The summed E-state index contributed by atoms with van der Waals surface area (Å²) in [6.45, 7) is 1.71. The third kappa shape index (κ3) is 3.81. The molecule has 0 radical (unpaired) electrons. The van der Waals surface area contributed by atoms with Gasteiger partial charge in [0.25, 0.3) is 0 Å². The van der Waals surface area contributed by atoms with Gasteiger partial charge in [-0.25, -0.2) is 0 Å². The Bertz CT molecular complexity index is 554. The molecule has 1 aromatic heterocycles. The van der Waals surface area contributed by atoms with Gasteiger partial charge in [0, 0.05) is 6.04 Å². The molecule has 1 atom stereocenters. The van der Waals surface area contributed by atoms with Gasteiger partial charge in [-0.2, -0.15) is 8.78 Å². The molecule has 2 rings (SSSR count). The summed E-state index contributed by atoms with van der Waals surface area (Å²) in [6, 6.07) is 8.59. The maximum absolute atomic E-state index is 12.2. The van der Waals surface area contributed by atoms with Crippen molar-refractivity contribution in [2.45, 2.75) is 33.0 Å². The zero-order valence-corrected chi connectivity index (χ0v) is 11.4. The van der Waals surface area contributed by atoms with Gasteiger partial charge >= 0.3 is 6.61 Å². The predicted molar refractivity (Wildman–Crippen MR) is 71.8 cm³/mol. The molecule has 0 saturated heterocycles. The normalized spacial score (nSPS) is 12.7. The van der Waals surface area contributed by atoms with Gasteiger partial charge in [-0.3, -0.25) is 0 Å². The molecule has 0 spiro atoms. The fourth-order valence-corrected chi connectivity index (χ4v) is 1.91. The molecule has 5 heteroatoms. The summed E-state index contributed by atoms with van der Waals surface area (Å²) in [4.78, 5) is 0. The maximum atomic E-state index is 12.2. The summed E-state index contributed by atoms with van der Waals surface area (Å²) in [6.07, 6.45) is 1.65. The second-order valence-corrected chi connectivity index (χ2v) is 4.58. The zero-order valence-electron chi connectivity index (χ0n) is 11.4. The Labute approximate surface area is 116 Å². The Morgan fingerprint density at radius 2 is 2.10 bits per heavy atom. The first kappa shape index (κ1) is 14.5. The van der Waals surface area contributed by atoms with Gasteiger partial charge in [-0.15, -0.1) is 0 Å². The number of nitrogens with one attached hydrogen (secondary N) is 1. The van der Waals surface area contributed by atoms with E-state index < -0.39 is 6.61 Å². The van der Waals surface area contributed by atoms with E-state index in [9.17, 15) is 8.78 Å². The molecule has 0 bridgehead atoms. The molecule has 2 aromatic rings. The van der Waals surface area contributed by atoms with Crippen LogP contribution in [0.2, 0.25) is 0 Å². The molecule has 0 aliphatic carbocycles. The van der Waals surface area contributed by atoms with E-state index in [4.69, 9.17) is 4.42 Å². The number of aryl methyl sites for hydroxylation is 1. The van der Waals surface area contributed by atoms with Crippen LogP contribution >= 0.6 is 0 Å². The summed E-state index contributed by atoms with van der Waals surface area (Å²) >= 11 is 0. The Hall–Kier alpha value is -1.88. The van der Waals surface area contributed by atoms with Crippen LogP contribution in [0.1, 0.15) is 29.9 Å². The van der Waals surface area contributed by atoms with E-state index in [0.29, 0.717) is 6.54 Å². The minimum Gasteiger partial charge on any atom is -0.468 e. The maximum Gasteiger partial charge on any atom is 0.387 e. The van der Waals surface area contributed by atoms with Crippen LogP contribution in [0.15, 0.2) is 41.0 Å². The lowest BCUT2D eigenvalue weighted by Crippen LogP contribution is -2.18. The minimum atomic E-state index is -2.81. The number of rotatable bonds is 6. The van der Waals surface area contributed by atoms with Crippen LogP contribution in [0.5, 0.6) is 5.75 Å². The number of benzene rings is 1. The quantitative estimate of drug-likeness (QED) is 0.867. The topological polar surface area (TPSA) is 34.4 Å². The highest BCUT2D eigenvalue weighted by Crippen LogP contribution is 2.21. The van der Waals surface area contributed by atoms with E-state index in [1.54, 1.807) is 18.4 Å². The van der Waals surface area contributed by atoms with Gasteiger partial charge in [0.15, 0.2) is 0 Å². The lowest BCUT2D eigenvalue weighted by Gasteiger charge is -2.15. The Morgan fingerprint density at radius 1 is 1.30 bits per heavy atom. The van der Waals surface area contributed by atoms with Gasteiger partial charge < -0.3 is 14.5 Å². The van der Waals surface area contributed by atoms with Crippen molar-refractivity contribution in [3.05, 3.63) is 53.5 Å². The van der Waals surface area contributed by atoms with Crippen molar-refractivity contribution >= 4 is 0 Å². The Kier molecular flexibility index (Phi) is 4.74. The highest BCUT2D eigenvalue weighted by molar-refractivity contribution is 5.30. The third-order valence-corrected chi connectivity index (χ3v) is 3.12. The van der Waals surface area contributed by atoms with Gasteiger partial charge in [-0.1, -0.05) is 12.1 Å². The van der Waals surface area contributed by atoms with Crippen molar-refractivity contribution < 1.29 is 17.9 Å². The second-order valence-electron chi connectivity index (χ2n) is 4.58. The minimum absolute atomic E-state index is 0.000669. The number of halogens is 2. The smallest absolute Gasteiger partial charge is 0.387 e. The molecule has 1 aromatic carbocycles. The van der Waals surface area contributed by atoms with Crippen LogP contribution < -0.4 is 10.1 Å². The highest BCUT2D eigenvalue weighted by atomic mass is 19.3. The molecule has 1 heterocycles. The average Bonchev–Trinajstić information content (AvgIpc) is 2.81. The number of hydrogen-bond donors (Lipinski definition) is 1. The molecule has 3 nitrogen and oxygen atoms in total. The summed E-state index contributed by atoms with van der Waals surface area (Å²) in [7, 11) is 0. The summed E-state index contributed by atoms with van der Waals surface area (Å²) in [5.41, 5.74) is 1.96. The monoisotopic (exact) mass is 281 g/mol. The largest absolute Gasteiger partial charge is 0.468 e. The Balaban J connectivity index is 1.98. The fraction of sp³-hybridized carbons (Fsp3) is 0.333. The first-order chi connectivity index (χ1) is 9.56. The van der Waals surface area contributed by atoms with Crippen LogP contribution in [0.3, 0.4) is 0 Å². The van der Waals surface area contributed by atoms with Crippen LogP contribution in [0.4, 0.5) is 8.78 Å². The van der Waals surface area contributed by atoms with E-state index in [1.807, 2.05) is 26.0 Å². The Morgan fingerprint density at radius 3 is 2.75 bits per heavy atom. The third-order valence-electron chi connectivity index (χ3n) is 3.12. The number of furan rings is 1. The predicted octanol–water partition coefficient (Wildman–Crippen LogP) is 4.04. The van der Waals surface area contributed by atoms with Crippen molar-refractivity contribution in [3.8, 4) is 5.75 Å². The van der Waals surface area contributed by atoms with Crippen LogP contribution in [-0.2, 0) is 6.54 Å². The first-order valence-corrected chi connectivity index (χ1v) is 6.37. The highest BCUT2D eigenvalue weighted by Gasteiger charge is 2.10. The molecule has 0 amide bonds. The van der Waals surface area contributed by atoms with Crippen molar-refractivity contribution in [2.75, 3.05) is 0 Å². The van der Waals surface area contributed by atoms with Crippen molar-refractivity contribution in [1.82, 2.24) is 5.32 Å². The molecule has 20 heavy (non-hydrogen) atoms. The van der Waals surface area contributed by atoms with Crippen molar-refractivity contribution in [1.29, 1.82) is 0 Å².